The van der Waals surface area contributed by atoms with Gasteiger partial charge in [-0.2, -0.15) is 0 Å². The summed E-state index contributed by atoms with van der Waals surface area (Å²) in [5.74, 6) is 0.875. The summed E-state index contributed by atoms with van der Waals surface area (Å²) in [5, 5.41) is 11.9. The molecule has 0 saturated carbocycles. The average Bonchev–Trinajstić information content (AvgIpc) is 3.36. The number of aromatic nitrogens is 3. The Balaban J connectivity index is 1.36. The molecule has 1 aromatic heterocycles. The van der Waals surface area contributed by atoms with Gasteiger partial charge in [-0.3, -0.25) is 14.2 Å². The number of fused-ring (bicyclic) bond motifs is 3. The fourth-order valence-electron chi connectivity index (χ4n) is 4.17. The molecule has 0 bridgehead atoms. The van der Waals surface area contributed by atoms with Gasteiger partial charge in [0.2, 0.25) is 5.91 Å². The second-order valence-electron chi connectivity index (χ2n) is 8.01. The molecule has 1 amide bonds. The molecule has 1 heterocycles. The standard InChI is InChI=1S/C26H22N4O2S/c1-16-28-29-26(30(16)22-8-5-7-21(14-22)27-17(2)31)33-15-25(32)20-11-10-19-12-18-6-3-4-9-23(18)24(19)13-20/h3-11,13-14H,12,15H2,1-2H3,(H,27,31). The number of carbonyl (C=O) groups excluding carboxylic acids is 2. The van der Waals surface area contributed by atoms with Crippen LogP contribution in [0.3, 0.4) is 0 Å². The molecular weight excluding hydrogens is 432 g/mol. The molecule has 1 aliphatic carbocycles. The Kier molecular flexibility index (Phi) is 5.56. The van der Waals surface area contributed by atoms with E-state index in [1.165, 1.54) is 35.4 Å². The first-order valence-electron chi connectivity index (χ1n) is 10.7. The molecule has 7 heteroatoms. The number of nitrogens with zero attached hydrogens (tertiary/aromatic N) is 3. The lowest BCUT2D eigenvalue weighted by molar-refractivity contribution is -0.114. The molecule has 33 heavy (non-hydrogen) atoms. The SMILES string of the molecule is CC(=O)Nc1cccc(-n2c(C)nnc2SCC(=O)c2ccc3c(c2)-c2ccccc2C3)c1. The van der Waals surface area contributed by atoms with Crippen molar-refractivity contribution in [2.75, 3.05) is 11.1 Å². The van der Waals surface area contributed by atoms with Crippen LogP contribution in [0.2, 0.25) is 0 Å². The molecule has 0 atom stereocenters. The molecule has 164 valence electrons. The number of aryl methyl sites for hydroxylation is 1. The minimum Gasteiger partial charge on any atom is -0.326 e. The van der Waals surface area contributed by atoms with Crippen molar-refractivity contribution in [2.24, 2.45) is 0 Å². The molecule has 0 aliphatic heterocycles. The van der Waals surface area contributed by atoms with E-state index in [-0.39, 0.29) is 17.4 Å². The quantitative estimate of drug-likeness (QED) is 0.286. The molecule has 4 aromatic rings. The number of amides is 1. The van der Waals surface area contributed by atoms with Crippen LogP contribution in [-0.4, -0.2) is 32.2 Å². The van der Waals surface area contributed by atoms with Crippen LogP contribution in [0.4, 0.5) is 5.69 Å². The molecule has 1 N–H and O–H groups in total. The Morgan fingerprint density at radius 2 is 1.79 bits per heavy atom. The number of hydrogen-bond donors (Lipinski definition) is 1. The maximum absolute atomic E-state index is 13.0. The Labute approximate surface area is 196 Å². The summed E-state index contributed by atoms with van der Waals surface area (Å²) < 4.78 is 1.89. The van der Waals surface area contributed by atoms with Gasteiger partial charge in [0.25, 0.3) is 0 Å². The van der Waals surface area contributed by atoms with Gasteiger partial charge in [0.15, 0.2) is 10.9 Å². The van der Waals surface area contributed by atoms with Gasteiger partial charge in [0.1, 0.15) is 5.82 Å². The summed E-state index contributed by atoms with van der Waals surface area (Å²) in [6.45, 7) is 3.34. The molecule has 0 fully saturated rings. The fraction of sp³-hybridized carbons (Fsp3) is 0.154. The third-order valence-electron chi connectivity index (χ3n) is 5.67. The second-order valence-corrected chi connectivity index (χ2v) is 8.96. The summed E-state index contributed by atoms with van der Waals surface area (Å²) in [7, 11) is 0. The van der Waals surface area contributed by atoms with Gasteiger partial charge in [-0.25, -0.2) is 0 Å². The summed E-state index contributed by atoms with van der Waals surface area (Å²) in [4.78, 5) is 24.4. The predicted octanol–water partition coefficient (Wildman–Crippen LogP) is 5.08. The lowest BCUT2D eigenvalue weighted by Crippen LogP contribution is -2.07. The van der Waals surface area contributed by atoms with Gasteiger partial charge >= 0.3 is 0 Å². The molecule has 0 spiro atoms. The number of nitrogens with one attached hydrogen (secondary N) is 1. The number of rotatable bonds is 6. The minimum atomic E-state index is -0.134. The van der Waals surface area contributed by atoms with E-state index >= 15 is 0 Å². The highest BCUT2D eigenvalue weighted by molar-refractivity contribution is 7.99. The molecule has 5 rings (SSSR count). The molecule has 0 unspecified atom stereocenters. The maximum Gasteiger partial charge on any atom is 0.221 e. The van der Waals surface area contributed by atoms with Gasteiger partial charge in [0.05, 0.1) is 11.4 Å². The zero-order valence-electron chi connectivity index (χ0n) is 18.3. The van der Waals surface area contributed by atoms with Crippen LogP contribution < -0.4 is 5.32 Å². The highest BCUT2D eigenvalue weighted by atomic mass is 32.2. The van der Waals surface area contributed by atoms with Crippen molar-refractivity contribution >= 4 is 29.1 Å². The maximum atomic E-state index is 13.0. The molecular formula is C26H22N4O2S. The van der Waals surface area contributed by atoms with Crippen LogP contribution in [0.15, 0.2) is 71.9 Å². The number of Topliss-reactive ketones (excluding diaryl/α,β-unsaturated/α-hetero) is 1. The Morgan fingerprint density at radius 1 is 0.970 bits per heavy atom. The number of carbonyl (C=O) groups is 2. The first-order chi connectivity index (χ1) is 16.0. The molecule has 1 aliphatic rings. The van der Waals surface area contributed by atoms with E-state index in [1.54, 1.807) is 0 Å². The topological polar surface area (TPSA) is 76.9 Å². The van der Waals surface area contributed by atoms with E-state index < -0.39 is 0 Å². The summed E-state index contributed by atoms with van der Waals surface area (Å²) >= 11 is 1.36. The predicted molar refractivity (Wildman–Crippen MR) is 130 cm³/mol. The zero-order valence-corrected chi connectivity index (χ0v) is 19.1. The van der Waals surface area contributed by atoms with E-state index in [1.807, 2.05) is 54.0 Å². The van der Waals surface area contributed by atoms with Crippen molar-refractivity contribution in [1.29, 1.82) is 0 Å². The number of anilines is 1. The van der Waals surface area contributed by atoms with Crippen molar-refractivity contribution in [3.8, 4) is 16.8 Å². The molecule has 0 saturated heterocycles. The van der Waals surface area contributed by atoms with E-state index in [9.17, 15) is 9.59 Å². The summed E-state index contributed by atoms with van der Waals surface area (Å²) in [6.07, 6.45) is 0.911. The fourth-order valence-corrected chi connectivity index (χ4v) is 5.06. The van der Waals surface area contributed by atoms with Gasteiger partial charge in [-0.05, 0) is 59.9 Å². The molecule has 3 aromatic carbocycles. The molecule has 6 nitrogen and oxygen atoms in total. The largest absolute Gasteiger partial charge is 0.326 e. The molecule has 0 radical (unpaired) electrons. The third kappa shape index (κ3) is 4.19. The van der Waals surface area contributed by atoms with Crippen LogP contribution in [0, 0.1) is 6.92 Å². The number of thioether (sulfide) groups is 1. The average molecular weight is 455 g/mol. The van der Waals surface area contributed by atoms with Gasteiger partial charge in [0, 0.05) is 18.2 Å². The van der Waals surface area contributed by atoms with Crippen molar-refractivity contribution < 1.29 is 9.59 Å². The van der Waals surface area contributed by atoms with Crippen molar-refractivity contribution in [2.45, 2.75) is 25.4 Å². The Bertz CT molecular complexity index is 1390. The van der Waals surface area contributed by atoms with Crippen molar-refractivity contribution in [1.82, 2.24) is 14.8 Å². The third-order valence-corrected chi connectivity index (χ3v) is 6.60. The van der Waals surface area contributed by atoms with Crippen LogP contribution in [0.1, 0.15) is 34.2 Å². The first-order valence-corrected chi connectivity index (χ1v) is 11.7. The number of hydrogen-bond acceptors (Lipinski definition) is 5. The second kappa shape index (κ2) is 8.67. The van der Waals surface area contributed by atoms with Crippen molar-refractivity contribution in [3.05, 3.63) is 89.2 Å². The normalized spacial score (nSPS) is 11.7. The lowest BCUT2D eigenvalue weighted by Gasteiger charge is -2.10. The number of benzene rings is 3. The van der Waals surface area contributed by atoms with E-state index in [0.29, 0.717) is 22.2 Å². The van der Waals surface area contributed by atoms with Crippen molar-refractivity contribution in [3.63, 3.8) is 0 Å². The van der Waals surface area contributed by atoms with Crippen LogP contribution in [-0.2, 0) is 11.2 Å². The van der Waals surface area contributed by atoms with Gasteiger partial charge < -0.3 is 5.32 Å². The monoisotopic (exact) mass is 454 g/mol. The van der Waals surface area contributed by atoms with E-state index in [0.717, 1.165) is 17.7 Å². The van der Waals surface area contributed by atoms with E-state index in [4.69, 9.17) is 0 Å². The Hall–Kier alpha value is -3.71. The number of ketones is 1. The zero-order chi connectivity index (χ0) is 22.9. The van der Waals surface area contributed by atoms with Crippen LogP contribution in [0.5, 0.6) is 0 Å². The minimum absolute atomic E-state index is 0.0476. The van der Waals surface area contributed by atoms with Crippen LogP contribution in [0.25, 0.3) is 16.8 Å². The Morgan fingerprint density at radius 3 is 2.64 bits per heavy atom. The lowest BCUT2D eigenvalue weighted by atomic mass is 10.0. The highest BCUT2D eigenvalue weighted by Crippen LogP contribution is 2.37. The first kappa shape index (κ1) is 21.2. The van der Waals surface area contributed by atoms with E-state index in [2.05, 4.69) is 39.8 Å². The highest BCUT2D eigenvalue weighted by Gasteiger charge is 2.20. The summed E-state index contributed by atoms with van der Waals surface area (Å²) in [5.41, 5.74) is 7.14. The van der Waals surface area contributed by atoms with Gasteiger partial charge in [-0.1, -0.05) is 54.2 Å². The van der Waals surface area contributed by atoms with Crippen LogP contribution >= 0.6 is 11.8 Å². The summed E-state index contributed by atoms with van der Waals surface area (Å²) in [6, 6.07) is 21.8. The van der Waals surface area contributed by atoms with Gasteiger partial charge in [-0.15, -0.1) is 10.2 Å². The smallest absolute Gasteiger partial charge is 0.221 e.